The highest BCUT2D eigenvalue weighted by molar-refractivity contribution is 5.85. The van der Waals surface area contributed by atoms with E-state index in [1.54, 1.807) is 6.20 Å². The number of halogens is 2. The van der Waals surface area contributed by atoms with Crippen LogP contribution in [0.4, 0.5) is 0 Å². The summed E-state index contributed by atoms with van der Waals surface area (Å²) in [6.07, 6.45) is 2.34. The zero-order valence-corrected chi connectivity index (χ0v) is 9.22. The smallest absolute Gasteiger partial charge is 0.0683 e. The minimum atomic E-state index is -0.211. The summed E-state index contributed by atoms with van der Waals surface area (Å²) in [5.74, 6) is 0. The van der Waals surface area contributed by atoms with Crippen LogP contribution in [-0.2, 0) is 0 Å². The lowest BCUT2D eigenvalue weighted by atomic mass is 10.1. The minimum absolute atomic E-state index is 0. The van der Waals surface area contributed by atoms with E-state index in [1.807, 2.05) is 18.2 Å². The van der Waals surface area contributed by atoms with Crippen LogP contribution in [0.3, 0.4) is 0 Å². The summed E-state index contributed by atoms with van der Waals surface area (Å²) >= 11 is 0. The summed E-state index contributed by atoms with van der Waals surface area (Å²) in [5.41, 5.74) is 1.02. The van der Waals surface area contributed by atoms with Crippen LogP contribution in [-0.4, -0.2) is 22.7 Å². The van der Waals surface area contributed by atoms with Crippen LogP contribution in [0, 0.1) is 0 Å². The Morgan fingerprint density at radius 2 is 2.14 bits per heavy atom. The van der Waals surface area contributed by atoms with Crippen LogP contribution in [0.15, 0.2) is 24.4 Å². The molecule has 1 aromatic rings. The lowest BCUT2D eigenvalue weighted by molar-refractivity contribution is 0.193. The Morgan fingerprint density at radius 3 is 2.64 bits per heavy atom. The van der Waals surface area contributed by atoms with Gasteiger partial charge in [0.25, 0.3) is 0 Å². The summed E-state index contributed by atoms with van der Waals surface area (Å²) < 4.78 is 0. The predicted octanol–water partition coefficient (Wildman–Crippen LogP) is 1.32. The Labute approximate surface area is 95.8 Å². The second-order valence-electron chi connectivity index (χ2n) is 3.10. The Balaban J connectivity index is 0.000000845. The third-order valence-corrected chi connectivity index (χ3v) is 2.15. The fourth-order valence-electron chi connectivity index (χ4n) is 1.52. The number of aromatic nitrogens is 1. The molecule has 1 saturated heterocycles. The molecule has 1 aliphatic heterocycles. The monoisotopic (exact) mass is 236 g/mol. The van der Waals surface area contributed by atoms with Gasteiger partial charge in [0.2, 0.25) is 0 Å². The van der Waals surface area contributed by atoms with E-state index in [4.69, 9.17) is 0 Å². The molecule has 0 bridgehead atoms. The number of aliphatic hydroxyl groups is 1. The molecule has 80 valence electrons. The summed E-state index contributed by atoms with van der Waals surface area (Å²) in [7, 11) is 0. The average molecular weight is 237 g/mol. The predicted molar refractivity (Wildman–Crippen MR) is 60.1 cm³/mol. The first-order valence-corrected chi connectivity index (χ1v) is 4.18. The Kier molecular flexibility index (Phi) is 6.04. The number of nitrogens with one attached hydrogen (secondary N) is 1. The van der Waals surface area contributed by atoms with Gasteiger partial charge in [-0.05, 0) is 18.6 Å². The standard InChI is InChI=1S/C9H12N2O.2ClH/c12-7-5-9(11-6-7)8-3-1-2-4-10-8;;/h1-4,7,9,11-12H,5-6H2;2*1H/t7-,9-;;/m1../s1. The molecule has 14 heavy (non-hydrogen) atoms. The molecular weight excluding hydrogens is 223 g/mol. The van der Waals surface area contributed by atoms with Crippen LogP contribution >= 0.6 is 24.8 Å². The molecule has 5 heteroatoms. The normalized spacial score (nSPS) is 24.9. The first-order chi connectivity index (χ1) is 5.86. The fourth-order valence-corrected chi connectivity index (χ4v) is 1.52. The lowest BCUT2D eigenvalue weighted by Gasteiger charge is -2.07. The molecule has 0 saturated carbocycles. The van der Waals surface area contributed by atoms with Gasteiger partial charge < -0.3 is 10.4 Å². The number of hydrogen-bond acceptors (Lipinski definition) is 3. The molecule has 2 heterocycles. The van der Waals surface area contributed by atoms with Gasteiger partial charge in [0.15, 0.2) is 0 Å². The zero-order valence-electron chi connectivity index (χ0n) is 7.59. The van der Waals surface area contributed by atoms with E-state index in [0.29, 0.717) is 6.54 Å². The molecule has 1 fully saturated rings. The molecule has 2 N–H and O–H groups in total. The van der Waals surface area contributed by atoms with Crippen molar-refractivity contribution in [2.75, 3.05) is 6.54 Å². The highest BCUT2D eigenvalue weighted by Gasteiger charge is 2.23. The first-order valence-electron chi connectivity index (χ1n) is 4.18. The molecule has 0 aromatic carbocycles. The highest BCUT2D eigenvalue weighted by atomic mass is 35.5. The molecule has 0 spiro atoms. The average Bonchev–Trinajstić information content (AvgIpc) is 2.54. The summed E-state index contributed by atoms with van der Waals surface area (Å²) in [4.78, 5) is 4.22. The second-order valence-corrected chi connectivity index (χ2v) is 3.10. The van der Waals surface area contributed by atoms with Crippen molar-refractivity contribution >= 4 is 24.8 Å². The minimum Gasteiger partial charge on any atom is -0.392 e. The third kappa shape index (κ3) is 3.10. The van der Waals surface area contributed by atoms with Crippen molar-refractivity contribution in [1.82, 2.24) is 10.3 Å². The Hall–Kier alpha value is -0.350. The van der Waals surface area contributed by atoms with E-state index in [0.717, 1.165) is 12.1 Å². The van der Waals surface area contributed by atoms with Gasteiger partial charge in [0.1, 0.15) is 0 Å². The third-order valence-electron chi connectivity index (χ3n) is 2.15. The zero-order chi connectivity index (χ0) is 8.39. The van der Waals surface area contributed by atoms with E-state index >= 15 is 0 Å². The number of pyridine rings is 1. The van der Waals surface area contributed by atoms with Crippen molar-refractivity contribution in [3.8, 4) is 0 Å². The number of rotatable bonds is 1. The number of nitrogens with zero attached hydrogens (tertiary/aromatic N) is 1. The van der Waals surface area contributed by atoms with Gasteiger partial charge in [-0.15, -0.1) is 24.8 Å². The van der Waals surface area contributed by atoms with Crippen LogP contribution in [0.25, 0.3) is 0 Å². The molecule has 2 atom stereocenters. The summed E-state index contributed by atoms with van der Waals surface area (Å²) in [6, 6.07) is 6.08. The van der Waals surface area contributed by atoms with Gasteiger partial charge in [-0.3, -0.25) is 4.98 Å². The Bertz CT molecular complexity index is 258. The van der Waals surface area contributed by atoms with E-state index in [2.05, 4.69) is 10.3 Å². The van der Waals surface area contributed by atoms with E-state index in [1.165, 1.54) is 0 Å². The van der Waals surface area contributed by atoms with Crippen molar-refractivity contribution < 1.29 is 5.11 Å². The molecule has 0 radical (unpaired) electrons. The second kappa shape index (κ2) is 6.19. The molecule has 3 nitrogen and oxygen atoms in total. The van der Waals surface area contributed by atoms with E-state index < -0.39 is 0 Å². The van der Waals surface area contributed by atoms with Crippen molar-refractivity contribution in [2.45, 2.75) is 18.6 Å². The summed E-state index contributed by atoms with van der Waals surface area (Å²) in [6.45, 7) is 0.682. The molecule has 1 aromatic heterocycles. The van der Waals surface area contributed by atoms with Gasteiger partial charge in [-0.2, -0.15) is 0 Å². The number of β-amino-alcohol motifs (C(OH)–C–C–N with tert-alkyl or cyclic N) is 1. The van der Waals surface area contributed by atoms with Crippen LogP contribution in [0.1, 0.15) is 18.2 Å². The molecule has 0 unspecified atom stereocenters. The van der Waals surface area contributed by atoms with Crippen LogP contribution in [0.2, 0.25) is 0 Å². The van der Waals surface area contributed by atoms with Crippen LogP contribution in [0.5, 0.6) is 0 Å². The van der Waals surface area contributed by atoms with Crippen molar-refractivity contribution in [3.63, 3.8) is 0 Å². The topological polar surface area (TPSA) is 45.1 Å². The fraction of sp³-hybridized carbons (Fsp3) is 0.444. The summed E-state index contributed by atoms with van der Waals surface area (Å²) in [5, 5.41) is 12.5. The maximum atomic E-state index is 9.27. The van der Waals surface area contributed by atoms with E-state index in [-0.39, 0.29) is 37.0 Å². The van der Waals surface area contributed by atoms with Gasteiger partial charge in [0, 0.05) is 12.7 Å². The molecule has 0 amide bonds. The van der Waals surface area contributed by atoms with Gasteiger partial charge in [0.05, 0.1) is 17.8 Å². The SMILES string of the molecule is Cl.Cl.O[C@H]1CN[C@@H](c2ccccn2)C1. The van der Waals surface area contributed by atoms with Crippen molar-refractivity contribution in [2.24, 2.45) is 0 Å². The largest absolute Gasteiger partial charge is 0.392 e. The molecular formula is C9H14Cl2N2O. The van der Waals surface area contributed by atoms with Gasteiger partial charge in [-0.1, -0.05) is 6.07 Å². The van der Waals surface area contributed by atoms with Crippen LogP contribution < -0.4 is 5.32 Å². The molecule has 2 rings (SSSR count). The number of aliphatic hydroxyl groups excluding tert-OH is 1. The van der Waals surface area contributed by atoms with Crippen molar-refractivity contribution in [1.29, 1.82) is 0 Å². The maximum absolute atomic E-state index is 9.27. The molecule has 1 aliphatic rings. The van der Waals surface area contributed by atoms with Gasteiger partial charge in [-0.25, -0.2) is 0 Å². The first kappa shape index (κ1) is 13.7. The van der Waals surface area contributed by atoms with E-state index in [9.17, 15) is 5.11 Å². The number of hydrogen-bond donors (Lipinski definition) is 2. The molecule has 0 aliphatic carbocycles. The Morgan fingerprint density at radius 1 is 1.36 bits per heavy atom. The van der Waals surface area contributed by atoms with Gasteiger partial charge >= 0.3 is 0 Å². The highest BCUT2D eigenvalue weighted by Crippen LogP contribution is 2.20. The van der Waals surface area contributed by atoms with Crippen molar-refractivity contribution in [3.05, 3.63) is 30.1 Å². The maximum Gasteiger partial charge on any atom is 0.0683 e. The lowest BCUT2D eigenvalue weighted by Crippen LogP contribution is -2.15. The quantitative estimate of drug-likeness (QED) is 0.774.